The first-order valence-corrected chi connectivity index (χ1v) is 4.96. The summed E-state index contributed by atoms with van der Waals surface area (Å²) in [7, 11) is 1.46. The van der Waals surface area contributed by atoms with Crippen LogP contribution in [-0.2, 0) is 10.3 Å². The van der Waals surface area contributed by atoms with E-state index >= 15 is 0 Å². The van der Waals surface area contributed by atoms with E-state index in [2.05, 4.69) is 15.6 Å². The third-order valence-corrected chi connectivity index (χ3v) is 2.44. The van der Waals surface area contributed by atoms with E-state index in [9.17, 15) is 4.79 Å². The van der Waals surface area contributed by atoms with Gasteiger partial charge in [0.15, 0.2) is 5.71 Å². The number of rotatable bonds is 3. The Labute approximate surface area is 97.9 Å². The van der Waals surface area contributed by atoms with Crippen LogP contribution in [-0.4, -0.2) is 33.7 Å². The maximum atomic E-state index is 11.5. The summed E-state index contributed by atoms with van der Waals surface area (Å²) < 4.78 is 1.46. The van der Waals surface area contributed by atoms with E-state index in [-0.39, 0.29) is 5.71 Å². The smallest absolute Gasteiger partial charge is 0.271 e. The second-order valence-corrected chi connectivity index (χ2v) is 4.13. The number of nitrogens with one attached hydrogen (secondary N) is 1. The van der Waals surface area contributed by atoms with Crippen molar-refractivity contribution in [3.63, 3.8) is 0 Å². The zero-order chi connectivity index (χ0) is 12.3. The zero-order valence-corrected chi connectivity index (χ0v) is 9.99. The van der Waals surface area contributed by atoms with Crippen molar-refractivity contribution in [1.82, 2.24) is 15.1 Å². The van der Waals surface area contributed by atoms with E-state index < -0.39 is 11.4 Å². The van der Waals surface area contributed by atoms with Gasteiger partial charge in [0.1, 0.15) is 5.54 Å². The van der Waals surface area contributed by atoms with Crippen LogP contribution in [0.4, 0.5) is 0 Å². The highest BCUT2D eigenvalue weighted by molar-refractivity contribution is 6.41. The molecule has 0 radical (unpaired) electrons. The van der Waals surface area contributed by atoms with Crippen LogP contribution in [0.5, 0.6) is 0 Å². The van der Waals surface area contributed by atoms with Crippen LogP contribution in [0.3, 0.4) is 0 Å². The van der Waals surface area contributed by atoms with E-state index in [0.717, 1.165) is 0 Å². The first kappa shape index (κ1) is 12.5. The molecule has 16 heavy (non-hydrogen) atoms. The highest BCUT2D eigenvalue weighted by Gasteiger charge is 2.33. The molecular weight excluding hydrogens is 232 g/mol. The number of carbonyl (C=O) groups is 1. The van der Waals surface area contributed by atoms with Crippen LogP contribution in [0.15, 0.2) is 17.5 Å². The van der Waals surface area contributed by atoms with Crippen molar-refractivity contribution in [2.45, 2.75) is 19.4 Å². The molecule has 1 rings (SSSR count). The van der Waals surface area contributed by atoms with E-state index in [4.69, 9.17) is 16.8 Å². The third-order valence-electron chi connectivity index (χ3n) is 2.25. The van der Waals surface area contributed by atoms with E-state index in [1.165, 1.54) is 17.9 Å². The van der Waals surface area contributed by atoms with Crippen LogP contribution in [0, 0.1) is 0 Å². The lowest BCUT2D eigenvalue weighted by Crippen LogP contribution is -2.45. The van der Waals surface area contributed by atoms with E-state index in [1.54, 1.807) is 20.0 Å². The van der Waals surface area contributed by atoms with Crippen LogP contribution < -0.4 is 5.32 Å². The molecule has 0 bridgehead atoms. The number of amides is 1. The van der Waals surface area contributed by atoms with Gasteiger partial charge in [-0.15, -0.1) is 0 Å². The molecule has 0 atom stereocenters. The monoisotopic (exact) mass is 244 g/mol. The standard InChI is InChI=1S/C9H13ClN4O2/c1-9(2,7(13-16)8(15)11-3)14-5-6(10)4-12-14/h4-5,16H,1-3H3,(H,11,15)/b13-7-. The van der Waals surface area contributed by atoms with Crippen molar-refractivity contribution >= 4 is 23.2 Å². The SMILES string of the molecule is CNC(=O)/C(=N/O)C(C)(C)n1cc(Cl)cn1. The van der Waals surface area contributed by atoms with Crippen molar-refractivity contribution in [2.75, 3.05) is 7.05 Å². The minimum Gasteiger partial charge on any atom is -0.410 e. The van der Waals surface area contributed by atoms with Crippen molar-refractivity contribution in [3.8, 4) is 0 Å². The van der Waals surface area contributed by atoms with Gasteiger partial charge in [-0.3, -0.25) is 9.48 Å². The summed E-state index contributed by atoms with van der Waals surface area (Å²) in [6.07, 6.45) is 3.00. The average molecular weight is 245 g/mol. The summed E-state index contributed by atoms with van der Waals surface area (Å²) >= 11 is 5.74. The van der Waals surface area contributed by atoms with Gasteiger partial charge in [-0.1, -0.05) is 16.8 Å². The predicted octanol–water partition coefficient (Wildman–Crippen LogP) is 0.848. The number of hydrogen-bond acceptors (Lipinski definition) is 4. The molecule has 0 fully saturated rings. The van der Waals surface area contributed by atoms with Crippen molar-refractivity contribution in [1.29, 1.82) is 0 Å². The van der Waals surface area contributed by atoms with E-state index in [1.807, 2.05) is 0 Å². The largest absolute Gasteiger partial charge is 0.410 e. The third kappa shape index (κ3) is 2.16. The number of nitrogens with zero attached hydrogens (tertiary/aromatic N) is 3. The lowest BCUT2D eigenvalue weighted by Gasteiger charge is -2.24. The molecule has 0 unspecified atom stereocenters. The second kappa shape index (κ2) is 4.52. The van der Waals surface area contributed by atoms with Gasteiger partial charge < -0.3 is 10.5 Å². The first-order chi connectivity index (χ1) is 7.43. The quantitative estimate of drug-likeness (QED) is 0.470. The molecule has 0 aromatic carbocycles. The minimum absolute atomic E-state index is 0.0465. The summed E-state index contributed by atoms with van der Waals surface area (Å²) in [5.74, 6) is -0.473. The molecule has 2 N–H and O–H groups in total. The lowest BCUT2D eigenvalue weighted by atomic mass is 9.98. The topological polar surface area (TPSA) is 79.5 Å². The molecule has 1 amide bonds. The summed E-state index contributed by atoms with van der Waals surface area (Å²) in [6, 6.07) is 0. The molecular formula is C9H13ClN4O2. The van der Waals surface area contributed by atoms with Gasteiger partial charge in [0.25, 0.3) is 5.91 Å². The van der Waals surface area contributed by atoms with Gasteiger partial charge in [-0.2, -0.15) is 5.10 Å². The van der Waals surface area contributed by atoms with Crippen LogP contribution in [0.2, 0.25) is 5.02 Å². The highest BCUT2D eigenvalue weighted by Crippen LogP contribution is 2.19. The highest BCUT2D eigenvalue weighted by atomic mass is 35.5. The Morgan fingerprint density at radius 2 is 2.31 bits per heavy atom. The van der Waals surface area contributed by atoms with Crippen LogP contribution in [0.25, 0.3) is 0 Å². The Hall–Kier alpha value is -1.56. The summed E-state index contributed by atoms with van der Waals surface area (Å²) in [6.45, 7) is 3.39. The molecule has 88 valence electrons. The Kier molecular flexibility index (Phi) is 3.54. The summed E-state index contributed by atoms with van der Waals surface area (Å²) in [4.78, 5) is 11.5. The normalized spacial score (nSPS) is 12.6. The Morgan fingerprint density at radius 3 is 2.69 bits per heavy atom. The molecule has 0 aliphatic heterocycles. The molecule has 1 heterocycles. The molecule has 0 saturated carbocycles. The Bertz CT molecular complexity index is 425. The fourth-order valence-corrected chi connectivity index (χ4v) is 1.42. The molecule has 6 nitrogen and oxygen atoms in total. The summed E-state index contributed by atoms with van der Waals surface area (Å²) in [5, 5.41) is 18.7. The van der Waals surface area contributed by atoms with Gasteiger partial charge in [-0.25, -0.2) is 0 Å². The number of halogens is 1. The molecule has 0 saturated heterocycles. The molecule has 0 aliphatic rings. The molecule has 0 spiro atoms. The van der Waals surface area contributed by atoms with Gasteiger partial charge >= 0.3 is 0 Å². The van der Waals surface area contributed by atoms with Crippen LogP contribution in [0.1, 0.15) is 13.8 Å². The lowest BCUT2D eigenvalue weighted by molar-refractivity contribution is -0.114. The minimum atomic E-state index is -0.887. The Morgan fingerprint density at radius 1 is 1.69 bits per heavy atom. The van der Waals surface area contributed by atoms with Crippen molar-refractivity contribution in [3.05, 3.63) is 17.4 Å². The molecule has 1 aromatic heterocycles. The van der Waals surface area contributed by atoms with Crippen molar-refractivity contribution in [2.24, 2.45) is 5.16 Å². The average Bonchev–Trinajstić information content (AvgIpc) is 2.65. The zero-order valence-electron chi connectivity index (χ0n) is 9.23. The fraction of sp³-hybridized carbons (Fsp3) is 0.444. The number of hydrogen-bond donors (Lipinski definition) is 2. The molecule has 1 aromatic rings. The number of oxime groups is 1. The second-order valence-electron chi connectivity index (χ2n) is 3.69. The molecule has 0 aliphatic carbocycles. The maximum absolute atomic E-state index is 11.5. The van der Waals surface area contributed by atoms with Gasteiger partial charge in [0.2, 0.25) is 0 Å². The van der Waals surface area contributed by atoms with Crippen molar-refractivity contribution < 1.29 is 10.0 Å². The van der Waals surface area contributed by atoms with Gasteiger partial charge in [0, 0.05) is 13.2 Å². The number of aromatic nitrogens is 2. The predicted molar refractivity (Wildman–Crippen MR) is 59.8 cm³/mol. The molecule has 7 heteroatoms. The Balaban J connectivity index is 3.14. The van der Waals surface area contributed by atoms with Gasteiger partial charge in [0.05, 0.1) is 11.2 Å². The maximum Gasteiger partial charge on any atom is 0.271 e. The fourth-order valence-electron chi connectivity index (χ4n) is 1.28. The first-order valence-electron chi connectivity index (χ1n) is 4.58. The van der Waals surface area contributed by atoms with E-state index in [0.29, 0.717) is 5.02 Å². The van der Waals surface area contributed by atoms with Gasteiger partial charge in [-0.05, 0) is 13.8 Å². The number of carbonyl (C=O) groups excluding carboxylic acids is 1. The summed E-state index contributed by atoms with van der Waals surface area (Å²) in [5.41, 5.74) is -0.933. The van der Waals surface area contributed by atoms with Crippen LogP contribution >= 0.6 is 11.6 Å².